The first-order valence-electron chi connectivity index (χ1n) is 11.2. The van der Waals surface area contributed by atoms with Crippen LogP contribution in [0.15, 0.2) is 72.4 Å². The van der Waals surface area contributed by atoms with E-state index in [0.717, 1.165) is 19.6 Å². The lowest BCUT2D eigenvalue weighted by Gasteiger charge is -2.12. The number of urea groups is 1. The van der Waals surface area contributed by atoms with Crippen LogP contribution in [0.2, 0.25) is 0 Å². The Morgan fingerprint density at radius 2 is 1.84 bits per heavy atom. The number of hydrogen-bond donors (Lipinski definition) is 3. The zero-order chi connectivity index (χ0) is 26.5. The van der Waals surface area contributed by atoms with Crippen molar-refractivity contribution in [1.29, 1.82) is 0 Å². The van der Waals surface area contributed by atoms with E-state index in [-0.39, 0.29) is 17.9 Å². The molecule has 0 spiro atoms. The average molecular weight is 611 g/mol. The van der Waals surface area contributed by atoms with Crippen LogP contribution in [0.5, 0.6) is 5.75 Å². The number of nitrogens with one attached hydrogen (secondary N) is 2. The highest BCUT2D eigenvalue weighted by atomic mass is 127. The molecule has 4 amide bonds. The smallest absolute Gasteiger partial charge is 0.335 e. The second-order valence-corrected chi connectivity index (χ2v) is 9.44. The number of nitrogens with zero attached hydrogens (tertiary/aromatic N) is 1. The molecule has 0 saturated carbocycles. The van der Waals surface area contributed by atoms with Crippen molar-refractivity contribution < 1.29 is 29.0 Å². The Bertz CT molecular complexity index is 1420. The summed E-state index contributed by atoms with van der Waals surface area (Å²) in [7, 11) is 0. The van der Waals surface area contributed by atoms with Crippen LogP contribution in [-0.2, 0) is 16.2 Å². The average Bonchev–Trinajstić information content (AvgIpc) is 3.11. The van der Waals surface area contributed by atoms with Crippen LogP contribution in [0.4, 0.5) is 10.5 Å². The Balaban J connectivity index is 1.38. The summed E-state index contributed by atoms with van der Waals surface area (Å²) in [4.78, 5) is 49.3. The molecule has 0 bridgehead atoms. The lowest BCUT2D eigenvalue weighted by atomic mass is 10.1. The Morgan fingerprint density at radius 1 is 1.08 bits per heavy atom. The number of carboxylic acids is 1. The molecule has 1 saturated heterocycles. The lowest BCUT2D eigenvalue weighted by Crippen LogP contribution is -2.38. The molecule has 9 nitrogen and oxygen atoms in total. The molecule has 3 aromatic carbocycles. The van der Waals surface area contributed by atoms with E-state index < -0.39 is 30.4 Å². The second-order valence-electron chi connectivity index (χ2n) is 8.28. The van der Waals surface area contributed by atoms with E-state index in [1.165, 1.54) is 18.2 Å². The Morgan fingerprint density at radius 3 is 2.51 bits per heavy atom. The molecular formula is C27H22IN3O6. The summed E-state index contributed by atoms with van der Waals surface area (Å²) in [5.41, 5.74) is 3.31. The van der Waals surface area contributed by atoms with Crippen molar-refractivity contribution in [2.75, 3.05) is 11.9 Å². The molecule has 10 heteroatoms. The number of hydrogen-bond acceptors (Lipinski definition) is 5. The number of aromatic carboxylic acids is 1. The third kappa shape index (κ3) is 6.53. The van der Waals surface area contributed by atoms with Crippen molar-refractivity contribution in [3.8, 4) is 5.75 Å². The Labute approximate surface area is 226 Å². The van der Waals surface area contributed by atoms with E-state index in [2.05, 4.69) is 33.2 Å². The zero-order valence-corrected chi connectivity index (χ0v) is 21.8. The predicted molar refractivity (Wildman–Crippen MR) is 145 cm³/mol. The topological polar surface area (TPSA) is 125 Å². The van der Waals surface area contributed by atoms with Gasteiger partial charge in [0.1, 0.15) is 24.6 Å². The van der Waals surface area contributed by atoms with E-state index in [1.54, 1.807) is 48.5 Å². The molecule has 1 fully saturated rings. The zero-order valence-electron chi connectivity index (χ0n) is 19.7. The molecule has 0 radical (unpaired) electrons. The van der Waals surface area contributed by atoms with Crippen molar-refractivity contribution in [2.45, 2.75) is 13.5 Å². The molecule has 0 unspecified atom stereocenters. The summed E-state index contributed by atoms with van der Waals surface area (Å²) >= 11 is 2.10. The second kappa shape index (κ2) is 11.2. The number of anilines is 1. The quantitative estimate of drug-likeness (QED) is 0.197. The SMILES string of the molecule is Cc1cccc(NC(=O)CN2C(=O)N/C(=C/c3ccc(OCc4ccc(C(=O)O)cc4)c(I)c3)C2=O)c1. The van der Waals surface area contributed by atoms with E-state index in [1.807, 2.05) is 13.0 Å². The molecule has 3 N–H and O–H groups in total. The highest BCUT2D eigenvalue weighted by Gasteiger charge is 2.35. The van der Waals surface area contributed by atoms with Gasteiger partial charge < -0.3 is 20.5 Å². The van der Waals surface area contributed by atoms with Gasteiger partial charge in [-0.1, -0.05) is 30.3 Å². The molecule has 3 aromatic rings. The van der Waals surface area contributed by atoms with Crippen molar-refractivity contribution >= 4 is 58.2 Å². The van der Waals surface area contributed by atoms with Crippen molar-refractivity contribution in [1.82, 2.24) is 10.2 Å². The van der Waals surface area contributed by atoms with Crippen LogP contribution in [0.3, 0.4) is 0 Å². The third-order valence-electron chi connectivity index (χ3n) is 5.43. The van der Waals surface area contributed by atoms with Gasteiger partial charge in [0.15, 0.2) is 0 Å². The van der Waals surface area contributed by atoms with Gasteiger partial charge in [-0.3, -0.25) is 9.59 Å². The maximum atomic E-state index is 12.8. The van der Waals surface area contributed by atoms with E-state index >= 15 is 0 Å². The maximum Gasteiger partial charge on any atom is 0.335 e. The predicted octanol–water partition coefficient (Wildman–Crippen LogP) is 4.41. The van der Waals surface area contributed by atoms with Crippen LogP contribution < -0.4 is 15.4 Å². The standard InChI is InChI=1S/C27H22IN3O6/c1-16-3-2-4-20(11-16)29-24(32)14-31-25(33)22(30-27(31)36)13-18-7-10-23(21(28)12-18)37-15-17-5-8-19(9-6-17)26(34)35/h2-13H,14-15H2,1H3,(H,29,32)(H,30,36)(H,34,35)/b22-13+. The largest absolute Gasteiger partial charge is 0.488 e. The number of imide groups is 1. The van der Waals surface area contributed by atoms with Gasteiger partial charge in [-0.15, -0.1) is 0 Å². The van der Waals surface area contributed by atoms with E-state index in [0.29, 0.717) is 17.0 Å². The third-order valence-corrected chi connectivity index (χ3v) is 6.27. The molecule has 0 atom stereocenters. The van der Waals surface area contributed by atoms with Crippen LogP contribution in [0.1, 0.15) is 27.0 Å². The van der Waals surface area contributed by atoms with Gasteiger partial charge in [0, 0.05) is 5.69 Å². The van der Waals surface area contributed by atoms with Gasteiger partial charge in [-0.05, 0) is 88.7 Å². The van der Waals surface area contributed by atoms with Crippen LogP contribution in [-0.4, -0.2) is 40.4 Å². The number of carbonyl (C=O) groups excluding carboxylic acids is 3. The minimum atomic E-state index is -0.989. The van der Waals surface area contributed by atoms with Crippen LogP contribution >= 0.6 is 22.6 Å². The monoisotopic (exact) mass is 611 g/mol. The summed E-state index contributed by atoms with van der Waals surface area (Å²) in [6.07, 6.45) is 1.54. The van der Waals surface area contributed by atoms with Gasteiger partial charge in [-0.25, -0.2) is 14.5 Å². The number of aryl methyl sites for hydroxylation is 1. The summed E-state index contributed by atoms with van der Waals surface area (Å²) in [6.45, 7) is 1.74. The van der Waals surface area contributed by atoms with Gasteiger partial charge in [-0.2, -0.15) is 0 Å². The molecule has 0 aromatic heterocycles. The van der Waals surface area contributed by atoms with Crippen LogP contribution in [0, 0.1) is 10.5 Å². The number of carbonyl (C=O) groups is 4. The van der Waals surface area contributed by atoms with Gasteiger partial charge >= 0.3 is 12.0 Å². The van der Waals surface area contributed by atoms with E-state index in [9.17, 15) is 19.2 Å². The fourth-order valence-corrected chi connectivity index (χ4v) is 4.27. The van der Waals surface area contributed by atoms with Crippen LogP contribution in [0.25, 0.3) is 6.08 Å². The summed E-state index contributed by atoms with van der Waals surface area (Å²) in [6, 6.07) is 18.2. The molecule has 37 heavy (non-hydrogen) atoms. The molecule has 4 rings (SSSR count). The number of rotatable bonds is 8. The highest BCUT2D eigenvalue weighted by Crippen LogP contribution is 2.25. The highest BCUT2D eigenvalue weighted by molar-refractivity contribution is 14.1. The van der Waals surface area contributed by atoms with E-state index in [4.69, 9.17) is 9.84 Å². The maximum absolute atomic E-state index is 12.8. The Hall–Kier alpha value is -4.19. The number of ether oxygens (including phenoxy) is 1. The van der Waals surface area contributed by atoms with Gasteiger partial charge in [0.2, 0.25) is 5.91 Å². The first-order valence-corrected chi connectivity index (χ1v) is 12.2. The van der Waals surface area contributed by atoms with Crippen molar-refractivity contribution in [3.05, 3.63) is 98.3 Å². The summed E-state index contributed by atoms with van der Waals surface area (Å²) < 4.78 is 6.62. The normalized spacial score (nSPS) is 14.0. The minimum Gasteiger partial charge on any atom is -0.488 e. The fraction of sp³-hybridized carbons (Fsp3) is 0.111. The minimum absolute atomic E-state index is 0.0661. The molecule has 0 aliphatic carbocycles. The van der Waals surface area contributed by atoms with Gasteiger partial charge in [0.25, 0.3) is 5.91 Å². The summed E-state index contributed by atoms with van der Waals surface area (Å²) in [5, 5.41) is 14.2. The first kappa shape index (κ1) is 25.9. The fourth-order valence-electron chi connectivity index (χ4n) is 3.58. The van der Waals surface area contributed by atoms with Gasteiger partial charge in [0.05, 0.1) is 9.13 Å². The van der Waals surface area contributed by atoms with Crippen molar-refractivity contribution in [2.24, 2.45) is 0 Å². The number of amides is 4. The lowest BCUT2D eigenvalue weighted by molar-refractivity contribution is -0.127. The number of benzene rings is 3. The number of halogens is 1. The van der Waals surface area contributed by atoms with Crippen molar-refractivity contribution in [3.63, 3.8) is 0 Å². The molecule has 188 valence electrons. The number of carboxylic acid groups (broad SMARTS) is 1. The Kier molecular flexibility index (Phi) is 7.87. The molecule has 1 aliphatic heterocycles. The molecular weight excluding hydrogens is 589 g/mol. The summed E-state index contributed by atoms with van der Waals surface area (Å²) in [5.74, 6) is -1.45. The first-order chi connectivity index (χ1) is 17.7. The molecule has 1 heterocycles. The molecule has 1 aliphatic rings.